The monoisotopic (exact) mass is 429 g/mol. The molecule has 0 radical (unpaired) electrons. The third kappa shape index (κ3) is 5.57. The summed E-state index contributed by atoms with van der Waals surface area (Å²) in [7, 11) is -4.44. The molecule has 2 aromatic carbocycles. The molecule has 3 unspecified atom stereocenters. The first kappa shape index (κ1) is 22.9. The van der Waals surface area contributed by atoms with Crippen LogP contribution in [0.25, 0.3) is 0 Å². The predicted molar refractivity (Wildman–Crippen MR) is 110 cm³/mol. The molecular formula is C20H26F2NO3PS. The molecule has 1 N–H and O–H groups in total. The molecule has 0 saturated carbocycles. The van der Waals surface area contributed by atoms with E-state index in [-0.39, 0.29) is 5.56 Å². The predicted octanol–water partition coefficient (Wildman–Crippen LogP) is 4.68. The molecule has 0 aromatic heterocycles. The van der Waals surface area contributed by atoms with Gasteiger partial charge in [0.2, 0.25) is 7.37 Å². The maximum absolute atomic E-state index is 14.5. The van der Waals surface area contributed by atoms with Crippen molar-refractivity contribution in [2.24, 2.45) is 0 Å². The molecule has 0 bridgehead atoms. The summed E-state index contributed by atoms with van der Waals surface area (Å²) < 4.78 is 60.7. The van der Waals surface area contributed by atoms with E-state index in [1.54, 1.807) is 52.0 Å². The molecule has 28 heavy (non-hydrogen) atoms. The average molecular weight is 429 g/mol. The lowest BCUT2D eigenvalue weighted by atomic mass is 9.99. The minimum atomic E-state index is -2.94. The van der Waals surface area contributed by atoms with Gasteiger partial charge in [0.05, 0.1) is 28.4 Å². The van der Waals surface area contributed by atoms with Gasteiger partial charge in [-0.2, -0.15) is 0 Å². The van der Waals surface area contributed by atoms with Crippen LogP contribution in [0.4, 0.5) is 8.78 Å². The Bertz CT molecular complexity index is 897. The molecule has 0 spiro atoms. The largest absolute Gasteiger partial charge is 0.326 e. The number of hydrogen-bond donors (Lipinski definition) is 1. The van der Waals surface area contributed by atoms with Crippen molar-refractivity contribution in [3.8, 4) is 0 Å². The zero-order valence-electron chi connectivity index (χ0n) is 16.7. The van der Waals surface area contributed by atoms with Crippen LogP contribution in [0.15, 0.2) is 42.5 Å². The van der Waals surface area contributed by atoms with E-state index >= 15 is 0 Å². The summed E-state index contributed by atoms with van der Waals surface area (Å²) in [5.41, 5.74) is 0.791. The molecular weight excluding hydrogens is 403 g/mol. The van der Waals surface area contributed by atoms with Crippen molar-refractivity contribution in [3.05, 3.63) is 65.2 Å². The molecule has 0 fully saturated rings. The molecule has 0 aliphatic rings. The molecule has 154 valence electrons. The van der Waals surface area contributed by atoms with Crippen molar-refractivity contribution in [3.63, 3.8) is 0 Å². The first-order valence-electron chi connectivity index (χ1n) is 8.91. The number of benzene rings is 2. The van der Waals surface area contributed by atoms with E-state index in [9.17, 15) is 17.6 Å². The SMILES string of the molecule is CCOP(C)(=O)c1ccc(C(NS(=O)C(C)(C)C)c2ccc(F)cc2F)cc1. The standard InChI is InChI=1S/C20H26F2NO3PS/c1-6-26-27(5,24)16-10-7-14(8-11-16)19(23-28(25)20(2,3)4)17-12-9-15(21)13-18(17)22/h7-13,19,23H,6H2,1-5H3. The highest BCUT2D eigenvalue weighted by Crippen LogP contribution is 2.41. The summed E-state index contributed by atoms with van der Waals surface area (Å²) in [6.45, 7) is 9.02. The molecule has 2 rings (SSSR count). The maximum Gasteiger partial charge on any atom is 0.229 e. The van der Waals surface area contributed by atoms with Crippen LogP contribution in [0.3, 0.4) is 0 Å². The van der Waals surface area contributed by atoms with E-state index < -0.39 is 40.8 Å². The van der Waals surface area contributed by atoms with Crippen molar-refractivity contribution in [2.45, 2.75) is 38.5 Å². The Hall–Kier alpha value is -1.40. The zero-order valence-corrected chi connectivity index (χ0v) is 18.4. The van der Waals surface area contributed by atoms with Gasteiger partial charge in [0.25, 0.3) is 0 Å². The van der Waals surface area contributed by atoms with Gasteiger partial charge in [0.1, 0.15) is 11.6 Å². The molecule has 8 heteroatoms. The van der Waals surface area contributed by atoms with Gasteiger partial charge in [-0.25, -0.2) is 17.7 Å². The third-order valence-electron chi connectivity index (χ3n) is 4.13. The second-order valence-electron chi connectivity index (χ2n) is 7.45. The lowest BCUT2D eigenvalue weighted by Crippen LogP contribution is -2.36. The van der Waals surface area contributed by atoms with Crippen LogP contribution in [0.1, 0.15) is 44.9 Å². The molecule has 0 saturated heterocycles. The van der Waals surface area contributed by atoms with Crippen LogP contribution in [0.2, 0.25) is 0 Å². The molecule has 4 nitrogen and oxygen atoms in total. The quantitative estimate of drug-likeness (QED) is 0.651. The van der Waals surface area contributed by atoms with Crippen LogP contribution < -0.4 is 10.0 Å². The van der Waals surface area contributed by atoms with E-state index in [0.717, 1.165) is 12.1 Å². The van der Waals surface area contributed by atoms with Crippen LogP contribution in [-0.2, 0) is 20.1 Å². The molecule has 3 atom stereocenters. The Morgan fingerprint density at radius 1 is 1.14 bits per heavy atom. The zero-order chi connectivity index (χ0) is 21.1. The van der Waals surface area contributed by atoms with Crippen LogP contribution in [0, 0.1) is 11.6 Å². The maximum atomic E-state index is 14.5. The van der Waals surface area contributed by atoms with Gasteiger partial charge < -0.3 is 4.52 Å². The summed E-state index contributed by atoms with van der Waals surface area (Å²) in [5.74, 6) is -1.42. The number of nitrogens with one attached hydrogen (secondary N) is 1. The first-order chi connectivity index (χ1) is 13.0. The van der Waals surface area contributed by atoms with Crippen LogP contribution in [-0.4, -0.2) is 22.2 Å². The molecule has 0 amide bonds. The summed E-state index contributed by atoms with van der Waals surface area (Å²) in [6.07, 6.45) is 0. The summed E-state index contributed by atoms with van der Waals surface area (Å²) in [4.78, 5) is 0. The number of hydrogen-bond acceptors (Lipinski definition) is 3. The minimum Gasteiger partial charge on any atom is -0.326 e. The van der Waals surface area contributed by atoms with Crippen molar-refractivity contribution in [1.29, 1.82) is 0 Å². The van der Waals surface area contributed by atoms with Gasteiger partial charge in [-0.1, -0.05) is 18.2 Å². The fourth-order valence-corrected chi connectivity index (χ4v) is 4.75. The highest BCUT2D eigenvalue weighted by molar-refractivity contribution is 7.84. The Labute approximate surface area is 167 Å². The average Bonchev–Trinajstić information content (AvgIpc) is 2.59. The third-order valence-corrected chi connectivity index (χ3v) is 7.67. The lowest BCUT2D eigenvalue weighted by Gasteiger charge is -2.25. The van der Waals surface area contributed by atoms with Crippen molar-refractivity contribution >= 4 is 23.7 Å². The van der Waals surface area contributed by atoms with E-state index in [1.165, 1.54) is 12.7 Å². The van der Waals surface area contributed by atoms with Crippen molar-refractivity contribution in [1.82, 2.24) is 4.72 Å². The molecule has 0 aliphatic carbocycles. The Morgan fingerprint density at radius 3 is 2.25 bits per heavy atom. The lowest BCUT2D eigenvalue weighted by molar-refractivity contribution is 0.345. The van der Waals surface area contributed by atoms with Crippen LogP contribution in [0.5, 0.6) is 0 Å². The van der Waals surface area contributed by atoms with Crippen molar-refractivity contribution in [2.75, 3.05) is 13.3 Å². The van der Waals surface area contributed by atoms with Crippen molar-refractivity contribution < 1.29 is 22.1 Å². The highest BCUT2D eigenvalue weighted by atomic mass is 32.2. The Kier molecular flexibility index (Phi) is 7.32. The van der Waals surface area contributed by atoms with Gasteiger partial charge in [0, 0.05) is 23.6 Å². The topological polar surface area (TPSA) is 55.4 Å². The molecule has 2 aromatic rings. The first-order valence-corrected chi connectivity index (χ1v) is 12.1. The molecule has 0 aliphatic heterocycles. The summed E-state index contributed by atoms with van der Waals surface area (Å²) in [5, 5.41) is 0.536. The number of halogens is 2. The van der Waals surface area contributed by atoms with Gasteiger partial charge in [-0.15, -0.1) is 0 Å². The fourth-order valence-electron chi connectivity index (χ4n) is 2.59. The fraction of sp³-hybridized carbons (Fsp3) is 0.400. The van der Waals surface area contributed by atoms with E-state index in [1.807, 2.05) is 0 Å². The second kappa shape index (κ2) is 8.95. The van der Waals surface area contributed by atoms with E-state index in [4.69, 9.17) is 4.52 Å². The van der Waals surface area contributed by atoms with E-state index in [2.05, 4.69) is 4.72 Å². The highest BCUT2D eigenvalue weighted by Gasteiger charge is 2.27. The van der Waals surface area contributed by atoms with Gasteiger partial charge >= 0.3 is 0 Å². The van der Waals surface area contributed by atoms with E-state index in [0.29, 0.717) is 17.5 Å². The summed E-state index contributed by atoms with van der Waals surface area (Å²) in [6, 6.07) is 9.21. The Balaban J connectivity index is 2.47. The van der Waals surface area contributed by atoms with Gasteiger partial charge in [-0.05, 0) is 51.5 Å². The minimum absolute atomic E-state index is 0.177. The van der Waals surface area contributed by atoms with Crippen LogP contribution >= 0.6 is 7.37 Å². The second-order valence-corrected chi connectivity index (χ2v) is 11.9. The smallest absolute Gasteiger partial charge is 0.229 e. The van der Waals surface area contributed by atoms with Gasteiger partial charge in [-0.3, -0.25) is 4.57 Å². The van der Waals surface area contributed by atoms with Gasteiger partial charge in [0.15, 0.2) is 0 Å². The summed E-state index contributed by atoms with van der Waals surface area (Å²) >= 11 is 0. The normalized spacial score (nSPS) is 16.4. The molecule has 0 heterocycles. The Morgan fingerprint density at radius 2 is 1.75 bits per heavy atom. The number of rotatable bonds is 7.